The minimum absolute atomic E-state index is 0.00306. The van der Waals surface area contributed by atoms with Crippen molar-refractivity contribution in [1.29, 1.82) is 0 Å². The molecule has 3 atom stereocenters. The van der Waals surface area contributed by atoms with Gasteiger partial charge in [-0.05, 0) is 18.9 Å². The molecular formula is C14H20N3O3+. The summed E-state index contributed by atoms with van der Waals surface area (Å²) in [5.74, 6) is 0.237. The van der Waals surface area contributed by atoms with E-state index < -0.39 is 0 Å². The van der Waals surface area contributed by atoms with E-state index in [4.69, 9.17) is 10.5 Å². The van der Waals surface area contributed by atoms with Gasteiger partial charge in [0, 0.05) is 18.9 Å². The van der Waals surface area contributed by atoms with Crippen molar-refractivity contribution in [2.45, 2.75) is 38.0 Å². The molecule has 0 bridgehead atoms. The molecule has 0 aromatic carbocycles. The van der Waals surface area contributed by atoms with Gasteiger partial charge in [-0.15, -0.1) is 4.99 Å². The Labute approximate surface area is 118 Å². The molecule has 2 N–H and O–H groups in total. The molecule has 1 fully saturated rings. The number of carbonyl (C=O) groups is 2. The first kappa shape index (κ1) is 14.6. The number of ether oxygens (including phenoxy) is 1. The smallest absolute Gasteiger partial charge is 0.383 e. The number of urea groups is 1. The standard InChI is InChI=1S/C14H19N3O3/c1-3-10(18)4-5-11-6-7-13(20-11)17(2)9-8-12(15)16-14(17)19/h3,8-9,11,13H,1,4-7H2,2H3,(H-,15,16,19)/p+1. The molecule has 20 heavy (non-hydrogen) atoms. The molecule has 0 radical (unpaired) electrons. The van der Waals surface area contributed by atoms with E-state index in [1.807, 2.05) is 0 Å². The SMILES string of the molecule is C=CC(=O)CCC1CCC([N+]2(C)C=CC(N)=NC2=O)O1. The second kappa shape index (κ2) is 5.68. The first-order valence-electron chi connectivity index (χ1n) is 6.70. The van der Waals surface area contributed by atoms with E-state index in [1.54, 1.807) is 19.3 Å². The molecule has 2 heterocycles. The molecule has 0 aliphatic carbocycles. The molecule has 2 aliphatic rings. The predicted molar refractivity (Wildman–Crippen MR) is 74.7 cm³/mol. The summed E-state index contributed by atoms with van der Waals surface area (Å²) in [7, 11) is 1.76. The summed E-state index contributed by atoms with van der Waals surface area (Å²) < 4.78 is 5.89. The van der Waals surface area contributed by atoms with Gasteiger partial charge in [0.15, 0.2) is 5.78 Å². The average Bonchev–Trinajstić information content (AvgIpc) is 2.90. The van der Waals surface area contributed by atoms with E-state index in [-0.39, 0.29) is 34.5 Å². The highest BCUT2D eigenvalue weighted by molar-refractivity contribution is 5.99. The fourth-order valence-corrected chi connectivity index (χ4v) is 2.47. The normalized spacial score (nSPS) is 33.0. The van der Waals surface area contributed by atoms with Crippen LogP contribution in [0.5, 0.6) is 0 Å². The number of hydrogen-bond donors (Lipinski definition) is 1. The summed E-state index contributed by atoms with van der Waals surface area (Å²) in [6.07, 6.45) is 7.09. The molecule has 3 unspecified atom stereocenters. The van der Waals surface area contributed by atoms with Gasteiger partial charge in [0.25, 0.3) is 0 Å². The van der Waals surface area contributed by atoms with Gasteiger partial charge in [0.1, 0.15) is 12.0 Å². The van der Waals surface area contributed by atoms with Crippen LogP contribution in [-0.2, 0) is 9.53 Å². The molecule has 0 spiro atoms. The zero-order chi connectivity index (χ0) is 14.8. The summed E-state index contributed by atoms with van der Waals surface area (Å²) in [4.78, 5) is 27.1. The maximum Gasteiger partial charge on any atom is 0.451 e. The Morgan fingerprint density at radius 3 is 3.05 bits per heavy atom. The third-order valence-corrected chi connectivity index (χ3v) is 3.82. The fraction of sp³-hybridized carbons (Fsp3) is 0.500. The molecule has 108 valence electrons. The van der Waals surface area contributed by atoms with E-state index in [9.17, 15) is 9.59 Å². The van der Waals surface area contributed by atoms with Gasteiger partial charge in [-0.2, -0.15) is 4.48 Å². The first-order chi connectivity index (χ1) is 9.45. The zero-order valence-electron chi connectivity index (χ0n) is 11.6. The number of ketones is 1. The lowest BCUT2D eigenvalue weighted by molar-refractivity contribution is -0.830. The van der Waals surface area contributed by atoms with Crippen LogP contribution < -0.4 is 5.73 Å². The number of amides is 2. The van der Waals surface area contributed by atoms with Gasteiger partial charge in [0.05, 0.1) is 13.2 Å². The molecule has 0 aromatic heterocycles. The monoisotopic (exact) mass is 278 g/mol. The molecule has 1 saturated heterocycles. The Morgan fingerprint density at radius 1 is 1.65 bits per heavy atom. The Bertz CT molecular complexity index is 498. The first-order valence-corrected chi connectivity index (χ1v) is 6.70. The lowest BCUT2D eigenvalue weighted by Gasteiger charge is -2.32. The molecule has 0 saturated carbocycles. The second-order valence-electron chi connectivity index (χ2n) is 5.28. The van der Waals surface area contributed by atoms with Crippen molar-refractivity contribution in [2.75, 3.05) is 7.05 Å². The minimum atomic E-state index is -0.321. The molecule has 2 aliphatic heterocycles. The van der Waals surface area contributed by atoms with Crippen molar-refractivity contribution in [1.82, 2.24) is 0 Å². The molecule has 0 aromatic rings. The van der Waals surface area contributed by atoms with Crippen molar-refractivity contribution in [3.63, 3.8) is 0 Å². The van der Waals surface area contributed by atoms with Crippen LogP contribution in [0, 0.1) is 0 Å². The van der Waals surface area contributed by atoms with E-state index in [0.717, 1.165) is 12.8 Å². The minimum Gasteiger partial charge on any atom is -0.383 e. The quantitative estimate of drug-likeness (QED) is 0.610. The molecule has 2 amide bonds. The van der Waals surface area contributed by atoms with Gasteiger partial charge in [-0.3, -0.25) is 4.79 Å². The van der Waals surface area contributed by atoms with Crippen LogP contribution in [-0.4, -0.2) is 41.5 Å². The summed E-state index contributed by atoms with van der Waals surface area (Å²) in [6.45, 7) is 3.45. The van der Waals surface area contributed by atoms with Gasteiger partial charge in [-0.1, -0.05) is 6.58 Å². The lowest BCUT2D eigenvalue weighted by atomic mass is 10.1. The van der Waals surface area contributed by atoms with E-state index in [2.05, 4.69) is 11.6 Å². The maximum absolute atomic E-state index is 12.0. The third-order valence-electron chi connectivity index (χ3n) is 3.82. The van der Waals surface area contributed by atoms with Gasteiger partial charge < -0.3 is 10.5 Å². The van der Waals surface area contributed by atoms with E-state index >= 15 is 0 Å². The number of carbonyl (C=O) groups excluding carboxylic acids is 2. The maximum atomic E-state index is 12.0. The van der Waals surface area contributed by atoms with Crippen molar-refractivity contribution in [3.05, 3.63) is 24.9 Å². The van der Waals surface area contributed by atoms with E-state index in [0.29, 0.717) is 12.8 Å². The summed E-state index contributed by atoms with van der Waals surface area (Å²) in [5.41, 5.74) is 5.51. The largest absolute Gasteiger partial charge is 0.451 e. The van der Waals surface area contributed by atoms with Gasteiger partial charge in [0.2, 0.25) is 6.23 Å². The Balaban J connectivity index is 1.96. The number of nitrogens with two attached hydrogens (primary N) is 1. The summed E-state index contributed by atoms with van der Waals surface area (Å²) in [5, 5.41) is 0. The number of rotatable bonds is 5. The third kappa shape index (κ3) is 2.86. The average molecular weight is 278 g/mol. The Kier molecular flexibility index (Phi) is 4.15. The van der Waals surface area contributed by atoms with Crippen molar-refractivity contribution >= 4 is 17.6 Å². The van der Waals surface area contributed by atoms with Crippen LogP contribution in [0.1, 0.15) is 25.7 Å². The Hall–Kier alpha value is -1.79. The lowest BCUT2D eigenvalue weighted by Crippen LogP contribution is -2.53. The van der Waals surface area contributed by atoms with Crippen LogP contribution >= 0.6 is 0 Å². The number of aliphatic imine (C=N–C) groups is 1. The predicted octanol–water partition coefficient (Wildman–Crippen LogP) is 1.48. The van der Waals surface area contributed by atoms with Crippen LogP contribution in [0.25, 0.3) is 0 Å². The second-order valence-corrected chi connectivity index (χ2v) is 5.28. The van der Waals surface area contributed by atoms with Crippen LogP contribution in [0.2, 0.25) is 0 Å². The number of amidine groups is 1. The van der Waals surface area contributed by atoms with Gasteiger partial charge in [-0.25, -0.2) is 4.79 Å². The highest BCUT2D eigenvalue weighted by Crippen LogP contribution is 2.31. The van der Waals surface area contributed by atoms with Crippen LogP contribution in [0.15, 0.2) is 29.9 Å². The topological polar surface area (TPSA) is 81.8 Å². The van der Waals surface area contributed by atoms with Crippen molar-refractivity contribution < 1.29 is 18.8 Å². The highest BCUT2D eigenvalue weighted by atomic mass is 16.5. The van der Waals surface area contributed by atoms with Crippen molar-refractivity contribution in [2.24, 2.45) is 10.7 Å². The molecular weight excluding hydrogens is 258 g/mol. The molecule has 2 rings (SSSR count). The molecule has 6 heteroatoms. The van der Waals surface area contributed by atoms with Crippen molar-refractivity contribution in [3.8, 4) is 0 Å². The Morgan fingerprint density at radius 2 is 2.40 bits per heavy atom. The summed E-state index contributed by atoms with van der Waals surface area (Å²) in [6, 6.07) is -0.321. The number of quaternary nitrogens is 1. The summed E-state index contributed by atoms with van der Waals surface area (Å²) >= 11 is 0. The number of hydrogen-bond acceptors (Lipinski definition) is 4. The van der Waals surface area contributed by atoms with Crippen LogP contribution in [0.4, 0.5) is 4.79 Å². The van der Waals surface area contributed by atoms with Gasteiger partial charge >= 0.3 is 6.03 Å². The van der Waals surface area contributed by atoms with Crippen LogP contribution in [0.3, 0.4) is 0 Å². The fourth-order valence-electron chi connectivity index (χ4n) is 2.47. The zero-order valence-corrected chi connectivity index (χ0v) is 11.6. The number of nitrogens with zero attached hydrogens (tertiary/aromatic N) is 2. The molecule has 6 nitrogen and oxygen atoms in total. The highest BCUT2D eigenvalue weighted by Gasteiger charge is 2.45. The number of allylic oxidation sites excluding steroid dienone is 1. The van der Waals surface area contributed by atoms with E-state index in [1.165, 1.54) is 6.08 Å².